The van der Waals surface area contributed by atoms with Gasteiger partial charge < -0.3 is 19.2 Å². The molecule has 0 heterocycles. The smallest absolute Gasteiger partial charge is 0.125 e. The molecule has 0 aliphatic heterocycles. The standard InChI is InChI=1S/C22H36N2O3/c1-7-8-13-26-21-15-18(2)22(19(3)16-21)27-14-11-9-10-12-24(5)17-20(4)23-25-6/h7-8,15-16H,9-14,17H2,1-6H3/b8-7+,23-20?. The number of hydrogen-bond acceptors (Lipinski definition) is 5. The van der Waals surface area contributed by atoms with Gasteiger partial charge in [-0.1, -0.05) is 17.3 Å². The summed E-state index contributed by atoms with van der Waals surface area (Å²) in [4.78, 5) is 7.05. The van der Waals surface area contributed by atoms with Crippen LogP contribution >= 0.6 is 0 Å². The van der Waals surface area contributed by atoms with Crippen molar-refractivity contribution < 1.29 is 14.3 Å². The highest BCUT2D eigenvalue weighted by molar-refractivity contribution is 5.83. The number of unbranched alkanes of at least 4 members (excludes halogenated alkanes) is 2. The summed E-state index contributed by atoms with van der Waals surface area (Å²) in [6.45, 7) is 11.3. The molecule has 27 heavy (non-hydrogen) atoms. The number of ether oxygens (including phenoxy) is 2. The average molecular weight is 377 g/mol. The summed E-state index contributed by atoms with van der Waals surface area (Å²) in [6.07, 6.45) is 7.34. The molecule has 0 N–H and O–H groups in total. The molecular weight excluding hydrogens is 340 g/mol. The van der Waals surface area contributed by atoms with Gasteiger partial charge in [-0.2, -0.15) is 0 Å². The van der Waals surface area contributed by atoms with E-state index < -0.39 is 0 Å². The highest BCUT2D eigenvalue weighted by Crippen LogP contribution is 2.28. The second-order valence-corrected chi connectivity index (χ2v) is 6.92. The van der Waals surface area contributed by atoms with Crippen LogP contribution in [-0.2, 0) is 4.84 Å². The number of hydrogen-bond donors (Lipinski definition) is 0. The summed E-state index contributed by atoms with van der Waals surface area (Å²) >= 11 is 0. The topological polar surface area (TPSA) is 43.3 Å². The molecule has 0 spiro atoms. The zero-order valence-corrected chi connectivity index (χ0v) is 17.9. The molecule has 5 heteroatoms. The lowest BCUT2D eigenvalue weighted by molar-refractivity contribution is 0.210. The van der Waals surface area contributed by atoms with Crippen LogP contribution in [0.2, 0.25) is 0 Å². The van der Waals surface area contributed by atoms with Gasteiger partial charge in [-0.05, 0) is 83.8 Å². The third kappa shape index (κ3) is 9.48. The van der Waals surface area contributed by atoms with Crippen molar-refractivity contribution in [2.75, 3.05) is 40.5 Å². The van der Waals surface area contributed by atoms with Crippen LogP contribution in [0.3, 0.4) is 0 Å². The molecule has 0 aromatic heterocycles. The maximum absolute atomic E-state index is 6.03. The Hall–Kier alpha value is -2.01. The summed E-state index contributed by atoms with van der Waals surface area (Å²) in [5, 5.41) is 3.94. The van der Waals surface area contributed by atoms with Gasteiger partial charge in [0.25, 0.3) is 0 Å². The highest BCUT2D eigenvalue weighted by atomic mass is 16.6. The van der Waals surface area contributed by atoms with Crippen molar-refractivity contribution in [2.24, 2.45) is 5.16 Å². The van der Waals surface area contributed by atoms with Crippen molar-refractivity contribution in [3.8, 4) is 11.5 Å². The summed E-state index contributed by atoms with van der Waals surface area (Å²) in [6, 6.07) is 4.09. The number of oxime groups is 1. The molecule has 0 saturated carbocycles. The van der Waals surface area contributed by atoms with Crippen LogP contribution in [0.1, 0.15) is 44.2 Å². The van der Waals surface area contributed by atoms with Crippen LogP contribution in [0, 0.1) is 13.8 Å². The molecule has 0 bridgehead atoms. The predicted molar refractivity (Wildman–Crippen MR) is 113 cm³/mol. The first-order chi connectivity index (χ1) is 13.0. The fourth-order valence-electron chi connectivity index (χ4n) is 2.95. The molecule has 0 aliphatic rings. The lowest BCUT2D eigenvalue weighted by Crippen LogP contribution is -2.25. The Kier molecular flexibility index (Phi) is 11.3. The number of benzene rings is 1. The lowest BCUT2D eigenvalue weighted by Gasteiger charge is -2.16. The van der Waals surface area contributed by atoms with Crippen molar-refractivity contribution >= 4 is 5.71 Å². The predicted octanol–water partition coefficient (Wildman–Crippen LogP) is 4.76. The molecule has 1 aromatic rings. The molecule has 5 nitrogen and oxygen atoms in total. The largest absolute Gasteiger partial charge is 0.493 e. The van der Waals surface area contributed by atoms with Crippen LogP contribution in [0.4, 0.5) is 0 Å². The third-order valence-corrected chi connectivity index (χ3v) is 4.19. The fourth-order valence-corrected chi connectivity index (χ4v) is 2.95. The normalized spacial score (nSPS) is 12.0. The van der Waals surface area contributed by atoms with E-state index in [0.717, 1.165) is 67.3 Å². The van der Waals surface area contributed by atoms with Crippen molar-refractivity contribution in [3.63, 3.8) is 0 Å². The Morgan fingerprint density at radius 2 is 1.81 bits per heavy atom. The van der Waals surface area contributed by atoms with E-state index >= 15 is 0 Å². The van der Waals surface area contributed by atoms with Crippen LogP contribution < -0.4 is 9.47 Å². The number of nitrogens with zero attached hydrogens (tertiary/aromatic N) is 2. The molecule has 1 aromatic carbocycles. The first kappa shape index (κ1) is 23.0. The Labute approximate surface area is 165 Å². The highest BCUT2D eigenvalue weighted by Gasteiger charge is 2.07. The number of rotatable bonds is 13. The number of aryl methyl sites for hydroxylation is 2. The zero-order chi connectivity index (χ0) is 20.1. The van der Waals surface area contributed by atoms with E-state index in [1.54, 1.807) is 7.11 Å². The lowest BCUT2D eigenvalue weighted by atomic mass is 10.1. The molecular formula is C22H36N2O3. The summed E-state index contributed by atoms with van der Waals surface area (Å²) < 4.78 is 11.8. The Morgan fingerprint density at radius 3 is 2.44 bits per heavy atom. The maximum atomic E-state index is 6.03. The quantitative estimate of drug-likeness (QED) is 0.215. The van der Waals surface area contributed by atoms with Gasteiger partial charge in [0.2, 0.25) is 0 Å². The van der Waals surface area contributed by atoms with Gasteiger partial charge in [-0.3, -0.25) is 0 Å². The van der Waals surface area contributed by atoms with Crippen molar-refractivity contribution in [1.29, 1.82) is 0 Å². The van der Waals surface area contributed by atoms with E-state index in [0.29, 0.717) is 6.61 Å². The van der Waals surface area contributed by atoms with Crippen LogP contribution in [-0.4, -0.2) is 51.1 Å². The van der Waals surface area contributed by atoms with E-state index in [1.807, 2.05) is 38.1 Å². The third-order valence-electron chi connectivity index (χ3n) is 4.19. The molecule has 0 radical (unpaired) electrons. The minimum Gasteiger partial charge on any atom is -0.493 e. The van der Waals surface area contributed by atoms with Crippen molar-refractivity contribution in [1.82, 2.24) is 4.90 Å². The van der Waals surface area contributed by atoms with E-state index in [9.17, 15) is 0 Å². The van der Waals surface area contributed by atoms with Gasteiger partial charge in [-0.25, -0.2) is 0 Å². The number of allylic oxidation sites excluding steroid dienone is 1. The van der Waals surface area contributed by atoms with Gasteiger partial charge in [0.05, 0.1) is 12.3 Å². The zero-order valence-electron chi connectivity index (χ0n) is 17.9. The van der Waals surface area contributed by atoms with E-state index in [2.05, 4.69) is 31.0 Å². The first-order valence-electron chi connectivity index (χ1n) is 9.71. The first-order valence-corrected chi connectivity index (χ1v) is 9.71. The Morgan fingerprint density at radius 1 is 1.11 bits per heavy atom. The molecule has 0 fully saturated rings. The van der Waals surface area contributed by atoms with Gasteiger partial charge in [0.15, 0.2) is 0 Å². The molecule has 0 aliphatic carbocycles. The second kappa shape index (κ2) is 13.2. The van der Waals surface area contributed by atoms with Gasteiger partial charge >= 0.3 is 0 Å². The SMILES string of the molecule is C/C=C/COc1cc(C)c(OCCCCCN(C)CC(C)=NOC)c(C)c1. The minimum absolute atomic E-state index is 0.598. The van der Waals surface area contributed by atoms with Gasteiger partial charge in [0.1, 0.15) is 25.2 Å². The summed E-state index contributed by atoms with van der Waals surface area (Å²) in [5.41, 5.74) is 3.24. The molecule has 0 atom stereocenters. The Balaban J connectivity index is 2.31. The summed E-state index contributed by atoms with van der Waals surface area (Å²) in [7, 11) is 3.69. The Bertz CT molecular complexity index is 589. The van der Waals surface area contributed by atoms with Crippen LogP contribution in [0.5, 0.6) is 11.5 Å². The van der Waals surface area contributed by atoms with Gasteiger partial charge in [-0.15, -0.1) is 0 Å². The van der Waals surface area contributed by atoms with E-state index in [1.165, 1.54) is 0 Å². The van der Waals surface area contributed by atoms with Crippen LogP contribution in [0.25, 0.3) is 0 Å². The minimum atomic E-state index is 0.598. The second-order valence-electron chi connectivity index (χ2n) is 6.92. The van der Waals surface area contributed by atoms with Crippen molar-refractivity contribution in [2.45, 2.75) is 47.0 Å². The molecule has 1 rings (SSSR count). The van der Waals surface area contributed by atoms with Crippen molar-refractivity contribution in [3.05, 3.63) is 35.4 Å². The molecule has 0 saturated heterocycles. The van der Waals surface area contributed by atoms with Gasteiger partial charge in [0, 0.05) is 6.54 Å². The monoisotopic (exact) mass is 376 g/mol. The van der Waals surface area contributed by atoms with E-state index in [-0.39, 0.29) is 0 Å². The fraction of sp³-hybridized carbons (Fsp3) is 0.591. The average Bonchev–Trinajstić information content (AvgIpc) is 2.60. The summed E-state index contributed by atoms with van der Waals surface area (Å²) in [5.74, 6) is 1.88. The molecule has 0 unspecified atom stereocenters. The van der Waals surface area contributed by atoms with E-state index in [4.69, 9.17) is 14.3 Å². The molecule has 0 amide bonds. The van der Waals surface area contributed by atoms with Crippen LogP contribution in [0.15, 0.2) is 29.4 Å². The maximum Gasteiger partial charge on any atom is 0.125 e. The molecule has 152 valence electrons.